The zero-order chi connectivity index (χ0) is 16.8. The molecule has 1 heterocycles. The summed E-state index contributed by atoms with van der Waals surface area (Å²) in [6.07, 6.45) is 1.46. The number of para-hydroxylation sites is 1. The zero-order valence-electron chi connectivity index (χ0n) is 13.9. The van der Waals surface area contributed by atoms with E-state index in [9.17, 15) is 4.79 Å². The van der Waals surface area contributed by atoms with E-state index < -0.39 is 0 Å². The van der Waals surface area contributed by atoms with E-state index in [1.54, 1.807) is 0 Å². The van der Waals surface area contributed by atoms with Crippen LogP contribution in [0.25, 0.3) is 0 Å². The van der Waals surface area contributed by atoms with Crippen LogP contribution in [0.3, 0.4) is 0 Å². The summed E-state index contributed by atoms with van der Waals surface area (Å²) >= 11 is 0. The Bertz CT molecular complexity index is 698. The monoisotopic (exact) mass is 322 g/mol. The van der Waals surface area contributed by atoms with Crippen LogP contribution in [0.5, 0.6) is 0 Å². The zero-order valence-corrected chi connectivity index (χ0v) is 13.9. The van der Waals surface area contributed by atoms with Crippen molar-refractivity contribution in [3.05, 3.63) is 66.2 Å². The molecule has 3 rings (SSSR count). The largest absolute Gasteiger partial charge is 0.465 e. The Balaban J connectivity index is 1.91. The van der Waals surface area contributed by atoms with Gasteiger partial charge in [0.05, 0.1) is 24.6 Å². The van der Waals surface area contributed by atoms with Crippen LogP contribution >= 0.6 is 0 Å². The van der Waals surface area contributed by atoms with Gasteiger partial charge in [0, 0.05) is 6.42 Å². The van der Waals surface area contributed by atoms with Crippen LogP contribution in [0.1, 0.15) is 25.3 Å². The van der Waals surface area contributed by atoms with Crippen molar-refractivity contribution in [2.75, 3.05) is 11.6 Å². The van der Waals surface area contributed by atoms with Crippen LogP contribution in [0, 0.1) is 5.92 Å². The highest BCUT2D eigenvalue weighted by Crippen LogP contribution is 2.22. The third-order valence-corrected chi connectivity index (χ3v) is 4.18. The number of hydrogen-bond donors (Lipinski definition) is 0. The minimum absolute atomic E-state index is 0.150. The average Bonchev–Trinajstić information content (AvgIpc) is 3.06. The first-order valence-corrected chi connectivity index (χ1v) is 8.38. The topological polar surface area (TPSA) is 41.9 Å². The highest BCUT2D eigenvalue weighted by atomic mass is 16.5. The van der Waals surface area contributed by atoms with E-state index in [1.807, 2.05) is 60.5 Å². The molecule has 4 heteroatoms. The van der Waals surface area contributed by atoms with Crippen molar-refractivity contribution < 1.29 is 9.53 Å². The highest BCUT2D eigenvalue weighted by Gasteiger charge is 2.31. The molecule has 0 aromatic heterocycles. The predicted octanol–water partition coefficient (Wildman–Crippen LogP) is 4.02. The minimum Gasteiger partial charge on any atom is -0.465 e. The van der Waals surface area contributed by atoms with Gasteiger partial charge in [-0.15, -0.1) is 0 Å². The van der Waals surface area contributed by atoms with Crippen molar-refractivity contribution in [3.63, 3.8) is 0 Å². The van der Waals surface area contributed by atoms with Crippen molar-refractivity contribution in [1.29, 1.82) is 0 Å². The number of hydrazone groups is 1. The molecule has 0 radical (unpaired) electrons. The van der Waals surface area contributed by atoms with E-state index in [0.29, 0.717) is 13.2 Å². The molecule has 1 saturated heterocycles. The number of cyclic esters (lactones) is 1. The van der Waals surface area contributed by atoms with Crippen molar-refractivity contribution in [2.24, 2.45) is 11.0 Å². The van der Waals surface area contributed by atoms with Crippen LogP contribution in [0.4, 0.5) is 5.69 Å². The summed E-state index contributed by atoms with van der Waals surface area (Å²) < 4.78 is 5.12. The fourth-order valence-corrected chi connectivity index (χ4v) is 2.88. The Morgan fingerprint density at radius 3 is 2.38 bits per heavy atom. The molecule has 2 aromatic rings. The first kappa shape index (κ1) is 16.2. The summed E-state index contributed by atoms with van der Waals surface area (Å²) in [6, 6.07) is 20.3. The van der Waals surface area contributed by atoms with Crippen molar-refractivity contribution in [1.82, 2.24) is 0 Å². The van der Waals surface area contributed by atoms with Gasteiger partial charge in [0.15, 0.2) is 0 Å². The Hall–Kier alpha value is -2.62. The van der Waals surface area contributed by atoms with Crippen molar-refractivity contribution >= 4 is 17.4 Å². The maximum atomic E-state index is 11.9. The fraction of sp³-hybridized carbons (Fsp3) is 0.300. The average molecular weight is 322 g/mol. The van der Waals surface area contributed by atoms with Crippen molar-refractivity contribution in [3.8, 4) is 0 Å². The number of carbonyl (C=O) groups excluding carboxylic acids is 1. The number of carbonyl (C=O) groups is 1. The van der Waals surface area contributed by atoms with E-state index in [0.717, 1.165) is 24.2 Å². The summed E-state index contributed by atoms with van der Waals surface area (Å²) in [4.78, 5) is 11.9. The maximum Gasteiger partial charge on any atom is 0.314 e. The van der Waals surface area contributed by atoms with Crippen LogP contribution in [-0.4, -0.2) is 18.3 Å². The second-order valence-electron chi connectivity index (χ2n) is 5.83. The van der Waals surface area contributed by atoms with E-state index in [-0.39, 0.29) is 11.9 Å². The molecule has 124 valence electrons. The molecule has 1 unspecified atom stereocenters. The van der Waals surface area contributed by atoms with Gasteiger partial charge in [0.2, 0.25) is 0 Å². The molecular formula is C20H22N2O2. The van der Waals surface area contributed by atoms with Crippen LogP contribution < -0.4 is 5.01 Å². The van der Waals surface area contributed by atoms with E-state index in [1.165, 1.54) is 5.56 Å². The van der Waals surface area contributed by atoms with Crippen LogP contribution in [-0.2, 0) is 16.1 Å². The second-order valence-corrected chi connectivity index (χ2v) is 5.83. The van der Waals surface area contributed by atoms with E-state index in [2.05, 4.69) is 12.1 Å². The van der Waals surface area contributed by atoms with Crippen LogP contribution in [0.15, 0.2) is 65.8 Å². The smallest absolute Gasteiger partial charge is 0.314 e. The Morgan fingerprint density at radius 1 is 1.12 bits per heavy atom. The molecule has 4 nitrogen and oxygen atoms in total. The minimum atomic E-state index is -0.211. The third kappa shape index (κ3) is 3.82. The predicted molar refractivity (Wildman–Crippen MR) is 95.9 cm³/mol. The molecule has 1 aliphatic rings. The lowest BCUT2D eigenvalue weighted by Gasteiger charge is -2.22. The van der Waals surface area contributed by atoms with Crippen molar-refractivity contribution in [2.45, 2.75) is 26.3 Å². The molecular weight excluding hydrogens is 300 g/mol. The Kier molecular flexibility index (Phi) is 5.26. The first-order chi connectivity index (χ1) is 11.8. The summed E-state index contributed by atoms with van der Waals surface area (Å²) in [5, 5.41) is 6.81. The van der Waals surface area contributed by atoms with Gasteiger partial charge in [0.25, 0.3) is 0 Å². The van der Waals surface area contributed by atoms with Gasteiger partial charge >= 0.3 is 5.97 Å². The maximum absolute atomic E-state index is 11.9. The number of benzene rings is 2. The molecule has 0 amide bonds. The number of rotatable bonds is 6. The molecule has 24 heavy (non-hydrogen) atoms. The fourth-order valence-electron chi connectivity index (χ4n) is 2.88. The number of anilines is 1. The molecule has 0 spiro atoms. The van der Waals surface area contributed by atoms with Gasteiger partial charge in [-0.3, -0.25) is 9.80 Å². The van der Waals surface area contributed by atoms with Gasteiger partial charge < -0.3 is 4.74 Å². The quantitative estimate of drug-likeness (QED) is 0.458. The lowest BCUT2D eigenvalue weighted by atomic mass is 10.0. The van der Waals surface area contributed by atoms with E-state index in [4.69, 9.17) is 9.84 Å². The van der Waals surface area contributed by atoms with Gasteiger partial charge in [0.1, 0.15) is 5.92 Å². The second kappa shape index (κ2) is 7.77. The highest BCUT2D eigenvalue weighted by molar-refractivity contribution is 6.03. The lowest BCUT2D eigenvalue weighted by molar-refractivity contribution is -0.139. The molecule has 0 saturated carbocycles. The summed E-state index contributed by atoms with van der Waals surface area (Å²) in [5.41, 5.74) is 3.07. The summed E-state index contributed by atoms with van der Waals surface area (Å²) in [6.45, 7) is 3.19. The Morgan fingerprint density at radius 2 is 1.79 bits per heavy atom. The lowest BCUT2D eigenvalue weighted by Crippen LogP contribution is -2.25. The molecule has 0 bridgehead atoms. The number of hydrogen-bond acceptors (Lipinski definition) is 4. The molecule has 1 aliphatic heterocycles. The molecule has 1 atom stereocenters. The number of esters is 1. The molecule has 2 aromatic carbocycles. The van der Waals surface area contributed by atoms with Gasteiger partial charge in [-0.1, -0.05) is 55.5 Å². The van der Waals surface area contributed by atoms with Gasteiger partial charge in [-0.05, 0) is 24.1 Å². The normalized spacial score (nSPS) is 17.6. The SMILES string of the molecule is CC/C(=N\N(Cc1ccccc1)c1ccccc1)C1CCOC1=O. The van der Waals surface area contributed by atoms with E-state index >= 15 is 0 Å². The molecule has 1 fully saturated rings. The third-order valence-electron chi connectivity index (χ3n) is 4.18. The summed E-state index contributed by atoms with van der Waals surface area (Å²) in [5.74, 6) is -0.361. The van der Waals surface area contributed by atoms with Crippen LogP contribution in [0.2, 0.25) is 0 Å². The standard InChI is InChI=1S/C20H22N2O2/c1-2-19(18-13-14-24-20(18)23)21-22(17-11-7-4-8-12-17)15-16-9-5-3-6-10-16/h3-12,18H,2,13-15H2,1H3/b21-19+. The number of ether oxygens (including phenoxy) is 1. The number of nitrogens with zero attached hydrogens (tertiary/aromatic N) is 2. The first-order valence-electron chi connectivity index (χ1n) is 8.38. The Labute approximate surface area is 142 Å². The molecule has 0 N–H and O–H groups in total. The molecule has 0 aliphatic carbocycles. The van der Waals surface area contributed by atoms with Gasteiger partial charge in [-0.25, -0.2) is 0 Å². The van der Waals surface area contributed by atoms with Gasteiger partial charge in [-0.2, -0.15) is 5.10 Å². The summed E-state index contributed by atoms with van der Waals surface area (Å²) in [7, 11) is 0.